The molecule has 0 saturated heterocycles. The van der Waals surface area contributed by atoms with Crippen LogP contribution >= 0.6 is 0 Å². The summed E-state index contributed by atoms with van der Waals surface area (Å²) in [5, 5.41) is 9.90. The van der Waals surface area contributed by atoms with Crippen LogP contribution < -0.4 is 10.6 Å². The van der Waals surface area contributed by atoms with Crippen LogP contribution in [0.1, 0.15) is 20.8 Å². The lowest BCUT2D eigenvalue weighted by molar-refractivity contribution is -0.141. The van der Waals surface area contributed by atoms with Crippen molar-refractivity contribution in [2.45, 2.75) is 20.8 Å². The summed E-state index contributed by atoms with van der Waals surface area (Å²) in [7, 11) is 0. The van der Waals surface area contributed by atoms with E-state index in [0.717, 1.165) is 5.56 Å². The maximum Gasteiger partial charge on any atom is 0.325 e. The van der Waals surface area contributed by atoms with Gasteiger partial charge in [0.2, 0.25) is 5.91 Å². The van der Waals surface area contributed by atoms with Crippen molar-refractivity contribution in [3.05, 3.63) is 66.5 Å². The molecular weight excluding hydrogens is 465 g/mol. The highest BCUT2D eigenvalue weighted by molar-refractivity contribution is 5.94. The van der Waals surface area contributed by atoms with Gasteiger partial charge in [-0.05, 0) is 37.1 Å². The molecular formula is C26H30FN5O4. The molecule has 0 atom stereocenters. The average Bonchev–Trinajstić information content (AvgIpc) is 3.26. The van der Waals surface area contributed by atoms with E-state index in [4.69, 9.17) is 4.74 Å². The van der Waals surface area contributed by atoms with Gasteiger partial charge in [-0.15, -0.1) is 0 Å². The van der Waals surface area contributed by atoms with Gasteiger partial charge >= 0.3 is 12.0 Å². The molecule has 3 rings (SSSR count). The van der Waals surface area contributed by atoms with E-state index < -0.39 is 23.7 Å². The molecule has 2 N–H and O–H groups in total. The summed E-state index contributed by atoms with van der Waals surface area (Å²) >= 11 is 0. The minimum atomic E-state index is -0.559. The van der Waals surface area contributed by atoms with Crippen LogP contribution in [0.15, 0.2) is 60.7 Å². The molecule has 3 amide bonds. The number of carbonyl (C=O) groups is 3. The zero-order chi connectivity index (χ0) is 26.1. The predicted octanol–water partition coefficient (Wildman–Crippen LogP) is 3.85. The van der Waals surface area contributed by atoms with Crippen molar-refractivity contribution in [1.82, 2.24) is 20.0 Å². The number of nitrogens with one attached hydrogen (secondary N) is 2. The van der Waals surface area contributed by atoms with Gasteiger partial charge in [0.15, 0.2) is 0 Å². The highest BCUT2D eigenvalue weighted by atomic mass is 19.1. The Balaban J connectivity index is 1.80. The summed E-state index contributed by atoms with van der Waals surface area (Å²) in [6, 6.07) is 16.3. The van der Waals surface area contributed by atoms with Crippen molar-refractivity contribution >= 4 is 23.7 Å². The third kappa shape index (κ3) is 7.39. The van der Waals surface area contributed by atoms with Crippen molar-refractivity contribution in [3.63, 3.8) is 0 Å². The Bertz CT molecular complexity index is 1180. The number of nitrogens with zero attached hydrogens (tertiary/aromatic N) is 3. The molecule has 0 radical (unpaired) electrons. The van der Waals surface area contributed by atoms with Gasteiger partial charge in [-0.3, -0.25) is 9.59 Å². The van der Waals surface area contributed by atoms with E-state index in [-0.39, 0.29) is 25.6 Å². The van der Waals surface area contributed by atoms with Crippen LogP contribution in [0.3, 0.4) is 0 Å². The molecule has 10 heteroatoms. The van der Waals surface area contributed by atoms with Crippen LogP contribution in [-0.2, 0) is 14.3 Å². The third-order valence-corrected chi connectivity index (χ3v) is 5.01. The number of amides is 3. The summed E-state index contributed by atoms with van der Waals surface area (Å²) in [4.78, 5) is 38.6. The first-order valence-corrected chi connectivity index (χ1v) is 11.7. The first-order chi connectivity index (χ1) is 17.3. The van der Waals surface area contributed by atoms with Crippen LogP contribution in [0, 0.1) is 11.7 Å². The maximum absolute atomic E-state index is 13.5. The lowest BCUT2D eigenvalue weighted by Crippen LogP contribution is -2.47. The third-order valence-electron chi connectivity index (χ3n) is 5.01. The first kappa shape index (κ1) is 26.4. The molecule has 2 aromatic carbocycles. The molecule has 0 fully saturated rings. The van der Waals surface area contributed by atoms with Gasteiger partial charge in [0.05, 0.1) is 18.0 Å². The maximum atomic E-state index is 13.5. The van der Waals surface area contributed by atoms with Crippen LogP contribution in [0.2, 0.25) is 0 Å². The molecule has 1 heterocycles. The van der Waals surface area contributed by atoms with Crippen LogP contribution in [0.4, 0.5) is 15.0 Å². The number of hydrogen-bond acceptors (Lipinski definition) is 5. The molecule has 9 nitrogen and oxygen atoms in total. The molecule has 0 unspecified atom stereocenters. The van der Waals surface area contributed by atoms with Crippen LogP contribution in [0.25, 0.3) is 16.9 Å². The van der Waals surface area contributed by atoms with Crippen molar-refractivity contribution in [3.8, 4) is 16.9 Å². The van der Waals surface area contributed by atoms with Crippen molar-refractivity contribution in [1.29, 1.82) is 0 Å². The van der Waals surface area contributed by atoms with E-state index in [9.17, 15) is 18.8 Å². The lowest BCUT2D eigenvalue weighted by atomic mass is 10.1. The normalized spacial score (nSPS) is 10.7. The highest BCUT2D eigenvalue weighted by Crippen LogP contribution is 2.25. The molecule has 0 spiro atoms. The lowest BCUT2D eigenvalue weighted by Gasteiger charge is -2.24. The molecule has 3 aromatic rings. The second kappa shape index (κ2) is 12.5. The van der Waals surface area contributed by atoms with E-state index in [0.29, 0.717) is 23.7 Å². The number of halogens is 1. The second-order valence-corrected chi connectivity index (χ2v) is 8.46. The van der Waals surface area contributed by atoms with Gasteiger partial charge in [-0.2, -0.15) is 5.10 Å². The number of benzene rings is 2. The number of ether oxygens (including phenoxy) is 1. The zero-order valence-electron chi connectivity index (χ0n) is 20.5. The smallest absolute Gasteiger partial charge is 0.325 e. The van der Waals surface area contributed by atoms with Crippen molar-refractivity contribution in [2.24, 2.45) is 5.92 Å². The number of carbonyl (C=O) groups excluding carboxylic acids is 3. The molecule has 0 aliphatic heterocycles. The van der Waals surface area contributed by atoms with E-state index in [1.54, 1.807) is 25.1 Å². The first-order valence-electron chi connectivity index (χ1n) is 11.7. The standard InChI is InChI=1S/C26H30FN5O4/c1-4-36-25(34)15-28-26(35)31(16-18(2)3)17-24(33)29-23-14-22(19-8-6-5-7-9-19)30-32(23)21-12-10-20(27)11-13-21/h5-14,18H,4,15-17H2,1-3H3,(H,28,35)(H,29,33). The summed E-state index contributed by atoms with van der Waals surface area (Å²) in [5.41, 5.74) is 2.01. The Morgan fingerprint density at radius 2 is 1.78 bits per heavy atom. The van der Waals surface area contributed by atoms with E-state index in [1.807, 2.05) is 44.2 Å². The fraction of sp³-hybridized carbons (Fsp3) is 0.308. The van der Waals surface area contributed by atoms with Gasteiger partial charge < -0.3 is 20.3 Å². The Morgan fingerprint density at radius 3 is 2.42 bits per heavy atom. The number of aromatic nitrogens is 2. The van der Waals surface area contributed by atoms with Gasteiger partial charge in [0.25, 0.3) is 0 Å². The molecule has 36 heavy (non-hydrogen) atoms. The van der Waals surface area contributed by atoms with E-state index in [2.05, 4.69) is 15.7 Å². The minimum absolute atomic E-state index is 0.0839. The summed E-state index contributed by atoms with van der Waals surface area (Å²) in [6.07, 6.45) is 0. The minimum Gasteiger partial charge on any atom is -0.465 e. The molecule has 190 valence electrons. The largest absolute Gasteiger partial charge is 0.465 e. The van der Waals surface area contributed by atoms with Crippen molar-refractivity contribution < 1.29 is 23.5 Å². The topological polar surface area (TPSA) is 106 Å². The summed E-state index contributed by atoms with van der Waals surface area (Å²) in [6.45, 7) is 5.48. The van der Waals surface area contributed by atoms with Gasteiger partial charge in [-0.1, -0.05) is 44.2 Å². The number of hydrogen-bond donors (Lipinski definition) is 2. The van der Waals surface area contributed by atoms with Gasteiger partial charge in [0.1, 0.15) is 24.7 Å². The van der Waals surface area contributed by atoms with Crippen LogP contribution in [0.5, 0.6) is 0 Å². The van der Waals surface area contributed by atoms with Gasteiger partial charge in [0, 0.05) is 18.2 Å². The van der Waals surface area contributed by atoms with Crippen LogP contribution in [-0.4, -0.2) is 58.8 Å². The fourth-order valence-electron chi connectivity index (χ4n) is 3.49. The predicted molar refractivity (Wildman–Crippen MR) is 134 cm³/mol. The highest BCUT2D eigenvalue weighted by Gasteiger charge is 2.21. The molecule has 1 aromatic heterocycles. The molecule has 0 saturated carbocycles. The number of esters is 1. The Kier molecular flexibility index (Phi) is 9.15. The molecule has 0 aliphatic rings. The van der Waals surface area contributed by atoms with Crippen molar-refractivity contribution in [2.75, 3.05) is 31.6 Å². The average molecular weight is 496 g/mol. The summed E-state index contributed by atoms with van der Waals surface area (Å²) in [5.74, 6) is -0.957. The molecule has 0 bridgehead atoms. The second-order valence-electron chi connectivity index (χ2n) is 8.46. The number of anilines is 1. The number of rotatable bonds is 10. The monoisotopic (exact) mass is 495 g/mol. The quantitative estimate of drug-likeness (QED) is 0.416. The fourth-order valence-corrected chi connectivity index (χ4v) is 3.49. The zero-order valence-corrected chi connectivity index (χ0v) is 20.5. The number of urea groups is 1. The summed E-state index contributed by atoms with van der Waals surface area (Å²) < 4.78 is 19.8. The van der Waals surface area contributed by atoms with E-state index >= 15 is 0 Å². The Labute approximate surface area is 209 Å². The van der Waals surface area contributed by atoms with Gasteiger partial charge in [-0.25, -0.2) is 13.9 Å². The Hall–Kier alpha value is -4.21. The molecule has 0 aliphatic carbocycles. The Morgan fingerprint density at radius 1 is 1.08 bits per heavy atom. The van der Waals surface area contributed by atoms with E-state index in [1.165, 1.54) is 21.7 Å². The SMILES string of the molecule is CCOC(=O)CNC(=O)N(CC(=O)Nc1cc(-c2ccccc2)nn1-c1ccc(F)cc1)CC(C)C.